The van der Waals surface area contributed by atoms with Crippen molar-refractivity contribution in [2.75, 3.05) is 7.11 Å². The number of aryl methyl sites for hydroxylation is 3. The van der Waals surface area contributed by atoms with Crippen molar-refractivity contribution in [2.24, 2.45) is 0 Å². The molecule has 0 N–H and O–H groups in total. The predicted octanol–water partition coefficient (Wildman–Crippen LogP) is 6.26. The summed E-state index contributed by atoms with van der Waals surface area (Å²) in [6.45, 7) is 7.17. The number of rotatable bonds is 6. The van der Waals surface area contributed by atoms with Gasteiger partial charge in [0.25, 0.3) is 0 Å². The zero-order valence-electron chi connectivity index (χ0n) is 18.1. The minimum absolute atomic E-state index is 0.138. The highest BCUT2D eigenvalue weighted by Gasteiger charge is 2.18. The first-order chi connectivity index (χ1) is 14.5. The molecule has 0 saturated heterocycles. The molecular formula is C27H28N2O. The molecule has 3 heteroatoms. The Kier molecular flexibility index (Phi) is 5.82. The third-order valence-corrected chi connectivity index (χ3v) is 5.60. The van der Waals surface area contributed by atoms with Gasteiger partial charge in [-0.3, -0.25) is 0 Å². The minimum atomic E-state index is -0.138. The zero-order chi connectivity index (χ0) is 21.1. The first kappa shape index (κ1) is 20.1. The smallest absolute Gasteiger partial charge is 0.124 e. The fourth-order valence-corrected chi connectivity index (χ4v) is 4.01. The Morgan fingerprint density at radius 1 is 0.900 bits per heavy atom. The molecule has 152 valence electrons. The maximum absolute atomic E-state index is 5.85. The Morgan fingerprint density at radius 2 is 1.70 bits per heavy atom. The highest BCUT2D eigenvalue weighted by atomic mass is 16.5. The van der Waals surface area contributed by atoms with E-state index in [0.29, 0.717) is 0 Å². The number of ether oxygens (including phenoxy) is 1. The molecule has 30 heavy (non-hydrogen) atoms. The van der Waals surface area contributed by atoms with Crippen LogP contribution in [0.25, 0.3) is 11.1 Å². The Labute approximate surface area is 179 Å². The molecule has 0 bridgehead atoms. The number of nitrogens with zero attached hydrogens (tertiary/aromatic N) is 2. The van der Waals surface area contributed by atoms with Crippen molar-refractivity contribution in [3.05, 3.63) is 113 Å². The summed E-state index contributed by atoms with van der Waals surface area (Å²) in [5.41, 5.74) is 9.79. The Bertz CT molecular complexity index is 1140. The van der Waals surface area contributed by atoms with Crippen molar-refractivity contribution in [3.8, 4) is 11.1 Å². The Balaban J connectivity index is 1.61. The summed E-state index contributed by atoms with van der Waals surface area (Å²) >= 11 is 0. The summed E-state index contributed by atoms with van der Waals surface area (Å²) in [5.74, 6) is 0. The maximum Gasteiger partial charge on any atom is 0.124 e. The van der Waals surface area contributed by atoms with Gasteiger partial charge in [-0.15, -0.1) is 0 Å². The lowest BCUT2D eigenvalue weighted by molar-refractivity contribution is 0.130. The van der Waals surface area contributed by atoms with Gasteiger partial charge in [0.2, 0.25) is 0 Å². The van der Waals surface area contributed by atoms with Crippen LogP contribution in [0.4, 0.5) is 0 Å². The molecule has 3 nitrogen and oxygen atoms in total. The number of hydrogen-bond donors (Lipinski definition) is 0. The predicted molar refractivity (Wildman–Crippen MR) is 123 cm³/mol. The van der Waals surface area contributed by atoms with Crippen molar-refractivity contribution < 1.29 is 4.74 Å². The number of benzene rings is 3. The third-order valence-electron chi connectivity index (χ3n) is 5.60. The molecule has 0 fully saturated rings. The molecular weight excluding hydrogens is 368 g/mol. The van der Waals surface area contributed by atoms with Crippen molar-refractivity contribution in [2.45, 2.75) is 33.4 Å². The lowest BCUT2D eigenvalue weighted by atomic mass is 9.97. The van der Waals surface area contributed by atoms with E-state index in [4.69, 9.17) is 4.74 Å². The molecule has 0 aliphatic carbocycles. The van der Waals surface area contributed by atoms with Crippen LogP contribution in [0.3, 0.4) is 0 Å². The number of methoxy groups -OCH3 is 1. The molecule has 1 unspecified atom stereocenters. The van der Waals surface area contributed by atoms with Gasteiger partial charge >= 0.3 is 0 Å². The number of aromatic nitrogens is 2. The van der Waals surface area contributed by atoms with Crippen LogP contribution in [-0.4, -0.2) is 16.7 Å². The van der Waals surface area contributed by atoms with Gasteiger partial charge in [-0.05, 0) is 48.6 Å². The van der Waals surface area contributed by atoms with E-state index < -0.39 is 0 Å². The van der Waals surface area contributed by atoms with Crippen LogP contribution < -0.4 is 0 Å². The maximum atomic E-state index is 5.85. The second-order valence-electron chi connectivity index (χ2n) is 7.99. The van der Waals surface area contributed by atoms with E-state index in [2.05, 4.69) is 97.1 Å². The molecule has 0 aliphatic heterocycles. The lowest BCUT2D eigenvalue weighted by Gasteiger charge is -2.19. The van der Waals surface area contributed by atoms with Crippen molar-refractivity contribution in [3.63, 3.8) is 0 Å². The minimum Gasteiger partial charge on any atom is -0.370 e. The van der Waals surface area contributed by atoms with E-state index in [1.165, 1.54) is 33.4 Å². The molecule has 0 saturated carbocycles. The summed E-state index contributed by atoms with van der Waals surface area (Å²) in [6.07, 6.45) is 3.65. The van der Waals surface area contributed by atoms with Gasteiger partial charge in [0.1, 0.15) is 6.10 Å². The van der Waals surface area contributed by atoms with Crippen molar-refractivity contribution in [1.82, 2.24) is 9.55 Å². The molecule has 0 radical (unpaired) electrons. The SMILES string of the molecule is COC(c1ccc(C)cc1)c1cncn1Cc1ccc(-c2cccc(C)c2)c(C)c1. The first-order valence-corrected chi connectivity index (χ1v) is 10.3. The average molecular weight is 397 g/mol. The summed E-state index contributed by atoms with van der Waals surface area (Å²) in [7, 11) is 1.75. The molecule has 0 amide bonds. The molecule has 1 aromatic heterocycles. The molecule has 0 aliphatic rings. The summed E-state index contributed by atoms with van der Waals surface area (Å²) in [6, 6.07) is 23.9. The fourth-order valence-electron chi connectivity index (χ4n) is 4.01. The second-order valence-corrected chi connectivity index (χ2v) is 7.99. The van der Waals surface area contributed by atoms with Crippen LogP contribution in [0.1, 0.15) is 39.6 Å². The van der Waals surface area contributed by atoms with Crippen LogP contribution in [-0.2, 0) is 11.3 Å². The van der Waals surface area contributed by atoms with Crippen LogP contribution in [0.2, 0.25) is 0 Å². The van der Waals surface area contributed by atoms with E-state index >= 15 is 0 Å². The van der Waals surface area contributed by atoms with Crippen LogP contribution in [0.5, 0.6) is 0 Å². The second kappa shape index (κ2) is 8.68. The zero-order valence-corrected chi connectivity index (χ0v) is 18.1. The van der Waals surface area contributed by atoms with Gasteiger partial charge in [-0.2, -0.15) is 0 Å². The molecule has 1 heterocycles. The van der Waals surface area contributed by atoms with E-state index in [1.807, 2.05) is 12.5 Å². The molecule has 3 aromatic carbocycles. The topological polar surface area (TPSA) is 27.1 Å². The molecule has 1 atom stereocenters. The van der Waals surface area contributed by atoms with Gasteiger partial charge in [0, 0.05) is 13.7 Å². The summed E-state index contributed by atoms with van der Waals surface area (Å²) in [4.78, 5) is 4.41. The van der Waals surface area contributed by atoms with Gasteiger partial charge < -0.3 is 9.30 Å². The molecule has 0 spiro atoms. The molecule has 4 rings (SSSR count). The Morgan fingerprint density at radius 3 is 2.40 bits per heavy atom. The lowest BCUT2D eigenvalue weighted by Crippen LogP contribution is -2.11. The highest BCUT2D eigenvalue weighted by Crippen LogP contribution is 2.28. The average Bonchev–Trinajstić information content (AvgIpc) is 3.18. The number of hydrogen-bond acceptors (Lipinski definition) is 2. The van der Waals surface area contributed by atoms with Crippen molar-refractivity contribution >= 4 is 0 Å². The van der Waals surface area contributed by atoms with Crippen molar-refractivity contribution in [1.29, 1.82) is 0 Å². The van der Waals surface area contributed by atoms with Gasteiger partial charge in [0.05, 0.1) is 18.2 Å². The first-order valence-electron chi connectivity index (χ1n) is 10.3. The van der Waals surface area contributed by atoms with Crippen LogP contribution in [0, 0.1) is 20.8 Å². The van der Waals surface area contributed by atoms with Gasteiger partial charge in [0.15, 0.2) is 0 Å². The van der Waals surface area contributed by atoms with E-state index in [1.54, 1.807) is 7.11 Å². The highest BCUT2D eigenvalue weighted by molar-refractivity contribution is 5.68. The monoisotopic (exact) mass is 396 g/mol. The summed E-state index contributed by atoms with van der Waals surface area (Å²) < 4.78 is 8.03. The van der Waals surface area contributed by atoms with E-state index in [9.17, 15) is 0 Å². The van der Waals surface area contributed by atoms with E-state index in [-0.39, 0.29) is 6.10 Å². The third kappa shape index (κ3) is 4.22. The molecule has 4 aromatic rings. The fraction of sp³-hybridized carbons (Fsp3) is 0.222. The van der Waals surface area contributed by atoms with Crippen LogP contribution >= 0.6 is 0 Å². The van der Waals surface area contributed by atoms with Gasteiger partial charge in [-0.25, -0.2) is 4.98 Å². The quantitative estimate of drug-likeness (QED) is 0.385. The Hall–Kier alpha value is -3.17. The number of imidazole rings is 1. The largest absolute Gasteiger partial charge is 0.370 e. The van der Waals surface area contributed by atoms with E-state index in [0.717, 1.165) is 17.8 Å². The van der Waals surface area contributed by atoms with Crippen LogP contribution in [0.15, 0.2) is 79.3 Å². The summed E-state index contributed by atoms with van der Waals surface area (Å²) in [5, 5.41) is 0. The standard InChI is InChI=1S/C27H28N2O/c1-19-8-11-23(12-9-19)27(30-4)26-16-28-18-29(26)17-22-10-13-25(21(3)15-22)24-7-5-6-20(2)14-24/h5-16,18,27H,17H2,1-4H3. The van der Waals surface area contributed by atoms with Gasteiger partial charge in [-0.1, -0.05) is 77.9 Å². The normalized spacial score (nSPS) is 12.1.